The molecule has 0 fully saturated rings. The van der Waals surface area contributed by atoms with E-state index in [1.54, 1.807) is 23.9 Å². The molecule has 1 aliphatic carbocycles. The molecular formula is C17H20N2OS. The van der Waals surface area contributed by atoms with Crippen LogP contribution < -0.4 is 4.90 Å². The number of hydrogen-bond donors (Lipinski definition) is 0. The van der Waals surface area contributed by atoms with E-state index in [4.69, 9.17) is 0 Å². The summed E-state index contributed by atoms with van der Waals surface area (Å²) in [6, 6.07) is 9.07. The summed E-state index contributed by atoms with van der Waals surface area (Å²) >= 11 is 1.72. The molecule has 0 spiro atoms. The van der Waals surface area contributed by atoms with E-state index in [2.05, 4.69) is 55.1 Å². The first-order chi connectivity index (χ1) is 10.1. The van der Waals surface area contributed by atoms with Crippen LogP contribution in [0, 0.1) is 0 Å². The zero-order valence-electron chi connectivity index (χ0n) is 12.6. The Bertz CT molecular complexity index is 621. The van der Waals surface area contributed by atoms with Crippen LogP contribution in [0.5, 0.6) is 0 Å². The fourth-order valence-electron chi connectivity index (χ4n) is 2.62. The predicted octanol–water partition coefficient (Wildman–Crippen LogP) is 2.94. The van der Waals surface area contributed by atoms with E-state index in [-0.39, 0.29) is 11.8 Å². The molecule has 0 saturated heterocycles. The van der Waals surface area contributed by atoms with Crippen molar-refractivity contribution in [3.8, 4) is 0 Å². The molecule has 2 unspecified atom stereocenters. The average Bonchev–Trinajstić information content (AvgIpc) is 2.46. The van der Waals surface area contributed by atoms with Crippen molar-refractivity contribution in [2.24, 2.45) is 0 Å². The monoisotopic (exact) mass is 300 g/mol. The lowest BCUT2D eigenvalue weighted by molar-refractivity contribution is -0.110. The second-order valence-electron chi connectivity index (χ2n) is 5.79. The van der Waals surface area contributed by atoms with Crippen molar-refractivity contribution in [2.75, 3.05) is 25.5 Å². The molecule has 3 nitrogen and oxygen atoms in total. The maximum atomic E-state index is 11.7. The van der Waals surface area contributed by atoms with E-state index in [0.29, 0.717) is 6.04 Å². The van der Waals surface area contributed by atoms with Crippen LogP contribution in [0.4, 0.5) is 5.69 Å². The number of para-hydroxylation sites is 1. The number of likely N-dealkylation sites (N-methyl/N-ethyl adjacent to an activating group) is 1. The molecule has 0 amide bonds. The van der Waals surface area contributed by atoms with Gasteiger partial charge in [-0.25, -0.2) is 0 Å². The molecule has 1 heterocycles. The first-order valence-electron chi connectivity index (χ1n) is 7.20. The second kappa shape index (κ2) is 5.70. The summed E-state index contributed by atoms with van der Waals surface area (Å²) in [5.74, 6) is 0.0914. The molecule has 2 aliphatic rings. The third-order valence-electron chi connectivity index (χ3n) is 4.10. The Morgan fingerprint density at radius 2 is 2.10 bits per heavy atom. The Hall–Kier alpha value is -1.52. The third kappa shape index (κ3) is 2.78. The van der Waals surface area contributed by atoms with Gasteiger partial charge in [0.05, 0.1) is 11.7 Å². The molecule has 110 valence electrons. The van der Waals surface area contributed by atoms with Gasteiger partial charge in [0.15, 0.2) is 5.78 Å². The van der Waals surface area contributed by atoms with Gasteiger partial charge in [0, 0.05) is 22.4 Å². The Kier molecular flexibility index (Phi) is 3.91. The normalized spacial score (nSPS) is 21.9. The van der Waals surface area contributed by atoms with Crippen LogP contribution in [0.3, 0.4) is 0 Å². The van der Waals surface area contributed by atoms with Crippen molar-refractivity contribution >= 4 is 23.2 Å². The van der Waals surface area contributed by atoms with Crippen LogP contribution in [0.2, 0.25) is 0 Å². The van der Waals surface area contributed by atoms with E-state index in [1.807, 2.05) is 6.08 Å². The molecule has 0 radical (unpaired) electrons. The molecule has 3 rings (SSSR count). The van der Waals surface area contributed by atoms with Crippen LogP contribution in [-0.2, 0) is 4.79 Å². The Balaban J connectivity index is 2.00. The fourth-order valence-corrected chi connectivity index (χ4v) is 3.81. The first kappa shape index (κ1) is 14.4. The molecule has 4 heteroatoms. The molecule has 1 aliphatic heterocycles. The molecule has 21 heavy (non-hydrogen) atoms. The summed E-state index contributed by atoms with van der Waals surface area (Å²) in [5.41, 5.74) is 1.26. The van der Waals surface area contributed by atoms with Gasteiger partial charge in [-0.3, -0.25) is 4.79 Å². The number of allylic oxidation sites excluding steroid dienone is 2. The summed E-state index contributed by atoms with van der Waals surface area (Å²) in [6.07, 6.45) is 5.50. The SMILES string of the molecule is CC(CN1c2ccccc2SC2=CC(=O)C=CC21)N(C)C. The lowest BCUT2D eigenvalue weighted by atomic mass is 10.1. The van der Waals surface area contributed by atoms with Gasteiger partial charge in [-0.2, -0.15) is 0 Å². The maximum Gasteiger partial charge on any atom is 0.179 e. The number of hydrogen-bond acceptors (Lipinski definition) is 4. The number of ketones is 1. The van der Waals surface area contributed by atoms with Gasteiger partial charge in [-0.15, -0.1) is 0 Å². The smallest absolute Gasteiger partial charge is 0.179 e. The van der Waals surface area contributed by atoms with E-state index >= 15 is 0 Å². The minimum absolute atomic E-state index is 0.0914. The topological polar surface area (TPSA) is 23.6 Å². The molecule has 0 aromatic heterocycles. The van der Waals surface area contributed by atoms with E-state index in [9.17, 15) is 4.79 Å². The standard InChI is InChI=1S/C17H20N2OS/c1-12(18(2)3)11-19-14-6-4-5-7-16(14)21-17-10-13(20)8-9-15(17)19/h4-10,12,15H,11H2,1-3H3. The second-order valence-corrected chi connectivity index (χ2v) is 6.90. The van der Waals surface area contributed by atoms with Crippen molar-refractivity contribution in [2.45, 2.75) is 23.9 Å². The highest BCUT2D eigenvalue weighted by Gasteiger charge is 2.32. The van der Waals surface area contributed by atoms with Gasteiger partial charge in [-0.05, 0) is 45.3 Å². The summed E-state index contributed by atoms with van der Waals surface area (Å²) in [6.45, 7) is 3.16. The Morgan fingerprint density at radius 1 is 1.33 bits per heavy atom. The zero-order valence-corrected chi connectivity index (χ0v) is 13.4. The molecule has 1 aromatic carbocycles. The first-order valence-corrected chi connectivity index (χ1v) is 8.01. The third-order valence-corrected chi connectivity index (χ3v) is 5.26. The number of rotatable bonds is 3. The summed E-state index contributed by atoms with van der Waals surface area (Å²) in [4.78, 5) is 18.7. The number of anilines is 1. The quantitative estimate of drug-likeness (QED) is 0.856. The minimum Gasteiger partial charge on any atom is -0.358 e. The van der Waals surface area contributed by atoms with Crippen molar-refractivity contribution in [1.29, 1.82) is 0 Å². The summed E-state index contributed by atoms with van der Waals surface area (Å²) < 4.78 is 0. The van der Waals surface area contributed by atoms with Gasteiger partial charge < -0.3 is 9.80 Å². The Labute approximate surface area is 130 Å². The van der Waals surface area contributed by atoms with Crippen LogP contribution in [0.25, 0.3) is 0 Å². The van der Waals surface area contributed by atoms with Gasteiger partial charge in [0.1, 0.15) is 0 Å². The summed E-state index contributed by atoms with van der Waals surface area (Å²) in [7, 11) is 4.21. The molecule has 2 atom stereocenters. The number of nitrogens with zero attached hydrogens (tertiary/aromatic N) is 2. The van der Waals surface area contributed by atoms with Crippen molar-refractivity contribution in [1.82, 2.24) is 4.90 Å². The van der Waals surface area contributed by atoms with Crippen LogP contribution >= 0.6 is 11.8 Å². The van der Waals surface area contributed by atoms with E-state index < -0.39 is 0 Å². The minimum atomic E-state index is 0.0914. The molecule has 0 N–H and O–H groups in total. The molecule has 0 bridgehead atoms. The largest absolute Gasteiger partial charge is 0.358 e. The highest BCUT2D eigenvalue weighted by molar-refractivity contribution is 8.03. The molecule has 0 saturated carbocycles. The lowest BCUT2D eigenvalue weighted by Gasteiger charge is -2.41. The zero-order chi connectivity index (χ0) is 15.0. The fraction of sp³-hybridized carbons (Fsp3) is 0.353. The van der Waals surface area contributed by atoms with Gasteiger partial charge in [-0.1, -0.05) is 30.0 Å². The highest BCUT2D eigenvalue weighted by Crippen LogP contribution is 2.45. The van der Waals surface area contributed by atoms with E-state index in [0.717, 1.165) is 11.4 Å². The summed E-state index contributed by atoms with van der Waals surface area (Å²) in [5, 5.41) is 0. The Morgan fingerprint density at radius 3 is 2.86 bits per heavy atom. The van der Waals surface area contributed by atoms with Gasteiger partial charge >= 0.3 is 0 Å². The maximum absolute atomic E-state index is 11.7. The number of benzene rings is 1. The van der Waals surface area contributed by atoms with Crippen LogP contribution in [-0.4, -0.2) is 43.4 Å². The predicted molar refractivity (Wildman–Crippen MR) is 88.8 cm³/mol. The van der Waals surface area contributed by atoms with Crippen LogP contribution in [0.15, 0.2) is 52.3 Å². The number of thioether (sulfide) groups is 1. The average molecular weight is 300 g/mol. The number of carbonyl (C=O) groups is 1. The van der Waals surface area contributed by atoms with Crippen molar-refractivity contribution < 1.29 is 4.79 Å². The van der Waals surface area contributed by atoms with Gasteiger partial charge in [0.2, 0.25) is 0 Å². The van der Waals surface area contributed by atoms with Crippen molar-refractivity contribution in [3.05, 3.63) is 47.4 Å². The van der Waals surface area contributed by atoms with Gasteiger partial charge in [0.25, 0.3) is 0 Å². The molecular weight excluding hydrogens is 280 g/mol. The number of fused-ring (bicyclic) bond motifs is 2. The van der Waals surface area contributed by atoms with Crippen molar-refractivity contribution in [3.63, 3.8) is 0 Å². The van der Waals surface area contributed by atoms with Crippen LogP contribution in [0.1, 0.15) is 6.92 Å². The van der Waals surface area contributed by atoms with E-state index in [1.165, 1.54) is 10.6 Å². The lowest BCUT2D eigenvalue weighted by Crippen LogP contribution is -2.46. The number of carbonyl (C=O) groups excluding carboxylic acids is 1. The highest BCUT2D eigenvalue weighted by atomic mass is 32.2. The molecule has 1 aromatic rings.